The summed E-state index contributed by atoms with van der Waals surface area (Å²) in [6.07, 6.45) is 0. The van der Waals surface area contributed by atoms with E-state index in [-0.39, 0.29) is 24.7 Å². The van der Waals surface area contributed by atoms with E-state index in [1.165, 1.54) is 6.07 Å². The Balaban J connectivity index is 0.000000980. The second kappa shape index (κ2) is 5.00. The molecule has 0 heterocycles. The largest absolute Gasteiger partial charge is 1.00 e. The first-order valence-electron chi connectivity index (χ1n) is 4.09. The molecule has 2 rings (SSSR count). The fraction of sp³-hybridized carbons (Fsp3) is 0. The van der Waals surface area contributed by atoms with Gasteiger partial charge in [0.1, 0.15) is 0 Å². The van der Waals surface area contributed by atoms with Crippen molar-refractivity contribution in [2.75, 3.05) is 0 Å². The normalized spacial score (nSPS) is 9.21. The molecule has 64 valence electrons. The van der Waals surface area contributed by atoms with E-state index < -0.39 is 0 Å². The van der Waals surface area contributed by atoms with Crippen LogP contribution in [-0.4, -0.2) is 0 Å². The maximum atomic E-state index is 12.8. The molecule has 0 N–H and O–H groups in total. The Labute approximate surface area is 95.0 Å². The molecule has 0 aliphatic carbocycles. The van der Waals surface area contributed by atoms with Crippen molar-refractivity contribution in [3.8, 4) is 11.1 Å². The third-order valence-corrected chi connectivity index (χ3v) is 1.87. The molecule has 0 bridgehead atoms. The van der Waals surface area contributed by atoms with Crippen LogP contribution in [0.1, 0.15) is 0 Å². The molecule has 0 aliphatic heterocycles. The zero-order valence-electron chi connectivity index (χ0n) is 8.00. The van der Waals surface area contributed by atoms with Crippen LogP contribution in [0, 0.1) is 11.9 Å². The Bertz CT molecular complexity index is 398. The smallest absolute Gasteiger partial charge is 0.236 e. The van der Waals surface area contributed by atoms with Crippen LogP contribution in [0.3, 0.4) is 0 Å². The van der Waals surface area contributed by atoms with E-state index >= 15 is 0 Å². The molecule has 0 fully saturated rings. The maximum Gasteiger partial charge on any atom is 1.00 e. The summed E-state index contributed by atoms with van der Waals surface area (Å²) in [4.78, 5) is 0. The minimum absolute atomic E-state index is 0. The van der Waals surface area contributed by atoms with Gasteiger partial charge in [-0.2, -0.15) is 12.1 Å². The fourth-order valence-electron chi connectivity index (χ4n) is 1.25. The Hall–Kier alpha value is -1.03. The van der Waals surface area contributed by atoms with Gasteiger partial charge in [0.15, 0.2) is 0 Å². The summed E-state index contributed by atoms with van der Waals surface area (Å²) in [5.41, 5.74) is 1.91. The van der Waals surface area contributed by atoms with Crippen LogP contribution in [-0.2, 0) is 0 Å². The molecule has 0 nitrogen and oxygen atoms in total. The van der Waals surface area contributed by atoms with E-state index in [0.29, 0.717) is 0 Å². The van der Waals surface area contributed by atoms with Gasteiger partial charge in [-0.3, -0.25) is 0 Å². The van der Waals surface area contributed by atoms with E-state index in [4.69, 9.17) is 0 Å². The fourth-order valence-corrected chi connectivity index (χ4v) is 1.25. The summed E-state index contributed by atoms with van der Waals surface area (Å²) in [7, 11) is 0. The molecule has 0 saturated heterocycles. The van der Waals surface area contributed by atoms with Crippen molar-refractivity contribution < 1.29 is 23.3 Å². The zero-order valence-corrected chi connectivity index (χ0v) is 8.00. The standard InChI is InChI=1S/C12H8F.Li/c13-12-8-4-7-11(9-12)10-5-2-1-3-6-10;/h1-7,9H;/q-1;+1. The van der Waals surface area contributed by atoms with Gasteiger partial charge in [0, 0.05) is 5.82 Å². The van der Waals surface area contributed by atoms with Gasteiger partial charge in [0.25, 0.3) is 0 Å². The van der Waals surface area contributed by atoms with Crippen molar-refractivity contribution in [3.05, 3.63) is 60.4 Å². The Kier molecular flexibility index (Phi) is 3.94. The molecular weight excluding hydrogens is 170 g/mol. The van der Waals surface area contributed by atoms with Crippen LogP contribution in [0.5, 0.6) is 0 Å². The number of rotatable bonds is 1. The van der Waals surface area contributed by atoms with Crippen molar-refractivity contribution in [3.63, 3.8) is 0 Å². The molecule has 2 heteroatoms. The van der Waals surface area contributed by atoms with Crippen molar-refractivity contribution in [2.45, 2.75) is 0 Å². The quantitative estimate of drug-likeness (QED) is 0.435. The number of hydrogen-bond acceptors (Lipinski definition) is 0. The minimum atomic E-state index is -0.318. The van der Waals surface area contributed by atoms with Gasteiger partial charge in [-0.25, -0.2) is 4.39 Å². The van der Waals surface area contributed by atoms with E-state index in [2.05, 4.69) is 6.07 Å². The second-order valence-corrected chi connectivity index (χ2v) is 2.79. The van der Waals surface area contributed by atoms with E-state index in [1.54, 1.807) is 6.07 Å². The topological polar surface area (TPSA) is 0 Å². The van der Waals surface area contributed by atoms with Crippen LogP contribution < -0.4 is 18.9 Å². The molecular formula is C12H8FLi. The molecule has 0 radical (unpaired) electrons. The molecule has 2 aromatic rings. The molecule has 0 atom stereocenters. The predicted molar refractivity (Wildman–Crippen MR) is 50.7 cm³/mol. The van der Waals surface area contributed by atoms with Crippen molar-refractivity contribution >= 4 is 0 Å². The first kappa shape index (κ1) is 11.0. The molecule has 14 heavy (non-hydrogen) atoms. The van der Waals surface area contributed by atoms with Gasteiger partial charge in [0.05, 0.1) is 0 Å². The third kappa shape index (κ3) is 2.48. The SMILES string of the molecule is Fc1[c-]ccc(-c2ccccc2)c1.[Li+]. The van der Waals surface area contributed by atoms with Gasteiger partial charge in [-0.05, 0) is 5.56 Å². The second-order valence-electron chi connectivity index (χ2n) is 2.79. The van der Waals surface area contributed by atoms with E-state index in [9.17, 15) is 4.39 Å². The van der Waals surface area contributed by atoms with Crippen molar-refractivity contribution in [1.82, 2.24) is 0 Å². The summed E-state index contributed by atoms with van der Waals surface area (Å²) in [5, 5.41) is 0. The van der Waals surface area contributed by atoms with Crippen LogP contribution >= 0.6 is 0 Å². The van der Waals surface area contributed by atoms with Gasteiger partial charge in [-0.15, -0.1) is 17.7 Å². The van der Waals surface area contributed by atoms with Crippen molar-refractivity contribution in [2.24, 2.45) is 0 Å². The van der Waals surface area contributed by atoms with E-state index in [0.717, 1.165) is 11.1 Å². The summed E-state index contributed by atoms with van der Waals surface area (Å²) in [5.74, 6) is -0.318. The van der Waals surface area contributed by atoms with E-state index in [1.807, 2.05) is 36.4 Å². The molecule has 0 unspecified atom stereocenters. The monoisotopic (exact) mass is 178 g/mol. The molecule has 0 spiro atoms. The predicted octanol–water partition coefficient (Wildman–Crippen LogP) is 0.297. The zero-order chi connectivity index (χ0) is 9.10. The Morgan fingerprint density at radius 2 is 1.64 bits per heavy atom. The van der Waals surface area contributed by atoms with Crippen LogP contribution in [0.25, 0.3) is 11.1 Å². The van der Waals surface area contributed by atoms with Crippen molar-refractivity contribution in [1.29, 1.82) is 0 Å². The minimum Gasteiger partial charge on any atom is -0.236 e. The summed E-state index contributed by atoms with van der Waals surface area (Å²) in [6.45, 7) is 0. The Morgan fingerprint density at radius 1 is 0.929 bits per heavy atom. The van der Waals surface area contributed by atoms with Gasteiger partial charge in [0.2, 0.25) is 0 Å². The third-order valence-electron chi connectivity index (χ3n) is 1.87. The maximum absolute atomic E-state index is 12.8. The van der Waals surface area contributed by atoms with Gasteiger partial charge in [-0.1, -0.05) is 30.3 Å². The molecule has 2 aromatic carbocycles. The van der Waals surface area contributed by atoms with Gasteiger partial charge >= 0.3 is 18.9 Å². The van der Waals surface area contributed by atoms with Crippen LogP contribution in [0.2, 0.25) is 0 Å². The number of halogens is 1. The average Bonchev–Trinajstić information content (AvgIpc) is 2.19. The first-order chi connectivity index (χ1) is 6.36. The molecule has 0 saturated carbocycles. The first-order valence-corrected chi connectivity index (χ1v) is 4.09. The Morgan fingerprint density at radius 3 is 2.29 bits per heavy atom. The summed E-state index contributed by atoms with van der Waals surface area (Å²) in [6, 6.07) is 17.1. The number of benzene rings is 2. The molecule has 0 amide bonds. The summed E-state index contributed by atoms with van der Waals surface area (Å²) >= 11 is 0. The molecule has 0 aliphatic rings. The van der Waals surface area contributed by atoms with Gasteiger partial charge < -0.3 is 0 Å². The van der Waals surface area contributed by atoms with Crippen LogP contribution in [0.15, 0.2) is 48.5 Å². The van der Waals surface area contributed by atoms with Crippen LogP contribution in [0.4, 0.5) is 4.39 Å². The summed E-state index contributed by atoms with van der Waals surface area (Å²) < 4.78 is 12.8. The number of hydrogen-bond donors (Lipinski definition) is 0. The average molecular weight is 178 g/mol. The molecule has 0 aromatic heterocycles.